The Morgan fingerprint density at radius 3 is 2.44 bits per heavy atom. The summed E-state index contributed by atoms with van der Waals surface area (Å²) in [6.07, 6.45) is 2.19. The Morgan fingerprint density at radius 1 is 1.33 bits per heavy atom. The van der Waals surface area contributed by atoms with E-state index in [1.165, 1.54) is 0 Å². The Balaban J connectivity index is 2.73. The summed E-state index contributed by atoms with van der Waals surface area (Å²) in [6, 6.07) is 5.91. The minimum absolute atomic E-state index is 0.0185. The fourth-order valence-electron chi connectivity index (χ4n) is 2.19. The van der Waals surface area contributed by atoms with E-state index in [1.807, 2.05) is 25.1 Å². The molecule has 0 spiro atoms. The molecule has 1 aromatic carbocycles. The van der Waals surface area contributed by atoms with Crippen LogP contribution in [0.15, 0.2) is 22.7 Å². The fraction of sp³-hybridized carbons (Fsp3) is 0.533. The van der Waals surface area contributed by atoms with Crippen molar-refractivity contribution in [2.75, 3.05) is 0 Å². The summed E-state index contributed by atoms with van der Waals surface area (Å²) < 4.78 is 1.03. The molecule has 3 heteroatoms. The number of hydrogen-bond donors (Lipinski definition) is 1. The maximum absolute atomic E-state index is 12.1. The van der Waals surface area contributed by atoms with Gasteiger partial charge in [-0.3, -0.25) is 4.79 Å². The molecule has 1 aromatic rings. The van der Waals surface area contributed by atoms with Gasteiger partial charge in [-0.2, -0.15) is 0 Å². The number of rotatable bonds is 5. The van der Waals surface area contributed by atoms with E-state index in [9.17, 15) is 4.79 Å². The molecular formula is C15H22BrNO. The predicted octanol–water partition coefficient (Wildman–Crippen LogP) is 4.31. The molecule has 0 bridgehead atoms. The smallest absolute Gasteiger partial charge is 0.251 e. The van der Waals surface area contributed by atoms with E-state index in [4.69, 9.17) is 0 Å². The molecule has 1 unspecified atom stereocenters. The molecule has 0 saturated heterocycles. The van der Waals surface area contributed by atoms with Gasteiger partial charge in [0.05, 0.1) is 0 Å². The summed E-state index contributed by atoms with van der Waals surface area (Å²) in [7, 11) is 0. The van der Waals surface area contributed by atoms with Gasteiger partial charge in [0.15, 0.2) is 0 Å². The van der Waals surface area contributed by atoms with Gasteiger partial charge in [-0.1, -0.05) is 42.6 Å². The first-order chi connectivity index (χ1) is 8.49. The summed E-state index contributed by atoms with van der Waals surface area (Å²) in [5, 5.41) is 3.09. The number of hydrogen-bond acceptors (Lipinski definition) is 1. The second-order valence-corrected chi connectivity index (χ2v) is 5.66. The minimum atomic E-state index is 0.0185. The zero-order chi connectivity index (χ0) is 13.7. The predicted molar refractivity (Wildman–Crippen MR) is 79.9 cm³/mol. The van der Waals surface area contributed by atoms with Crippen molar-refractivity contribution >= 4 is 21.8 Å². The lowest BCUT2D eigenvalue weighted by molar-refractivity contribution is 0.0925. The van der Waals surface area contributed by atoms with Crippen molar-refractivity contribution in [1.82, 2.24) is 5.32 Å². The Hall–Kier alpha value is -0.830. The average Bonchev–Trinajstić information content (AvgIpc) is 2.34. The molecule has 0 aliphatic heterocycles. The Bertz CT molecular complexity index is 413. The number of nitrogens with one attached hydrogen (secondary N) is 1. The Kier molecular flexibility index (Phi) is 5.86. The number of carbonyl (C=O) groups excluding carboxylic acids is 1. The van der Waals surface area contributed by atoms with Crippen LogP contribution in [0.25, 0.3) is 0 Å². The first-order valence-electron chi connectivity index (χ1n) is 6.56. The van der Waals surface area contributed by atoms with Crippen molar-refractivity contribution in [3.8, 4) is 0 Å². The van der Waals surface area contributed by atoms with Crippen LogP contribution in [0.4, 0.5) is 0 Å². The maximum atomic E-state index is 12.1. The van der Waals surface area contributed by atoms with E-state index < -0.39 is 0 Å². The lowest BCUT2D eigenvalue weighted by atomic mass is 9.95. The minimum Gasteiger partial charge on any atom is -0.349 e. The second-order valence-electron chi connectivity index (χ2n) is 4.80. The van der Waals surface area contributed by atoms with Crippen LogP contribution in [0.5, 0.6) is 0 Å². The van der Waals surface area contributed by atoms with Crippen LogP contribution in [0, 0.1) is 12.8 Å². The summed E-state index contributed by atoms with van der Waals surface area (Å²) in [5.41, 5.74) is 1.81. The van der Waals surface area contributed by atoms with Crippen LogP contribution in [-0.4, -0.2) is 11.9 Å². The van der Waals surface area contributed by atoms with Crippen LogP contribution in [0.3, 0.4) is 0 Å². The first kappa shape index (κ1) is 15.2. The van der Waals surface area contributed by atoms with Crippen molar-refractivity contribution in [2.45, 2.75) is 46.6 Å². The molecule has 0 aliphatic carbocycles. The summed E-state index contributed by atoms with van der Waals surface area (Å²) in [4.78, 5) is 12.1. The van der Waals surface area contributed by atoms with Gasteiger partial charge in [0, 0.05) is 16.1 Å². The number of aryl methyl sites for hydroxylation is 1. The van der Waals surface area contributed by atoms with Crippen molar-refractivity contribution in [1.29, 1.82) is 0 Å². The van der Waals surface area contributed by atoms with Crippen molar-refractivity contribution in [3.05, 3.63) is 33.8 Å². The molecule has 2 nitrogen and oxygen atoms in total. The van der Waals surface area contributed by atoms with Gasteiger partial charge < -0.3 is 5.32 Å². The molecule has 1 N–H and O–H groups in total. The highest BCUT2D eigenvalue weighted by Gasteiger charge is 2.16. The standard InChI is InChI=1S/C15H22BrNO/c1-5-12(6-2)11(4)17-15(18)13-7-8-14(16)10(3)9-13/h7-9,11-12H,5-6H2,1-4H3,(H,17,18). The van der Waals surface area contributed by atoms with Crippen LogP contribution in [0.1, 0.15) is 49.5 Å². The molecule has 1 amide bonds. The van der Waals surface area contributed by atoms with Crippen LogP contribution in [0.2, 0.25) is 0 Å². The molecule has 18 heavy (non-hydrogen) atoms. The van der Waals surface area contributed by atoms with Crippen molar-refractivity contribution in [2.24, 2.45) is 5.92 Å². The first-order valence-corrected chi connectivity index (χ1v) is 7.35. The second kappa shape index (κ2) is 6.93. The largest absolute Gasteiger partial charge is 0.349 e. The molecular weight excluding hydrogens is 290 g/mol. The molecule has 0 aliphatic rings. The monoisotopic (exact) mass is 311 g/mol. The molecule has 100 valence electrons. The molecule has 0 fully saturated rings. The van der Waals surface area contributed by atoms with Crippen molar-refractivity contribution < 1.29 is 4.79 Å². The number of benzene rings is 1. The zero-order valence-electron chi connectivity index (χ0n) is 11.6. The van der Waals surface area contributed by atoms with Gasteiger partial charge in [0.2, 0.25) is 0 Å². The lowest BCUT2D eigenvalue weighted by Gasteiger charge is -2.22. The van der Waals surface area contributed by atoms with Crippen LogP contribution < -0.4 is 5.32 Å². The van der Waals surface area contributed by atoms with E-state index in [0.717, 1.165) is 28.4 Å². The van der Waals surface area contributed by atoms with Gasteiger partial charge in [-0.05, 0) is 43.5 Å². The van der Waals surface area contributed by atoms with E-state index >= 15 is 0 Å². The van der Waals surface area contributed by atoms with Crippen LogP contribution in [-0.2, 0) is 0 Å². The molecule has 0 heterocycles. The van der Waals surface area contributed by atoms with Gasteiger partial charge in [0.25, 0.3) is 5.91 Å². The lowest BCUT2D eigenvalue weighted by Crippen LogP contribution is -2.37. The number of halogens is 1. The zero-order valence-corrected chi connectivity index (χ0v) is 13.2. The third-order valence-electron chi connectivity index (χ3n) is 3.53. The van der Waals surface area contributed by atoms with E-state index in [-0.39, 0.29) is 11.9 Å². The highest BCUT2D eigenvalue weighted by molar-refractivity contribution is 9.10. The molecule has 0 saturated carbocycles. The van der Waals surface area contributed by atoms with Gasteiger partial charge in [-0.15, -0.1) is 0 Å². The third kappa shape index (κ3) is 3.84. The SMILES string of the molecule is CCC(CC)C(C)NC(=O)c1ccc(Br)c(C)c1. The van der Waals surface area contributed by atoms with Gasteiger partial charge in [0.1, 0.15) is 0 Å². The summed E-state index contributed by atoms with van der Waals surface area (Å²) >= 11 is 3.44. The fourth-order valence-corrected chi connectivity index (χ4v) is 2.44. The topological polar surface area (TPSA) is 29.1 Å². The molecule has 1 atom stereocenters. The molecule has 0 aromatic heterocycles. The normalized spacial score (nSPS) is 12.6. The number of carbonyl (C=O) groups is 1. The summed E-state index contributed by atoms with van der Waals surface area (Å²) in [6.45, 7) is 8.41. The number of amides is 1. The van der Waals surface area contributed by atoms with Gasteiger partial charge >= 0.3 is 0 Å². The third-order valence-corrected chi connectivity index (χ3v) is 4.42. The quantitative estimate of drug-likeness (QED) is 0.862. The molecule has 0 radical (unpaired) electrons. The molecule has 1 rings (SSSR count). The van der Waals surface area contributed by atoms with E-state index in [0.29, 0.717) is 5.92 Å². The van der Waals surface area contributed by atoms with E-state index in [1.54, 1.807) is 0 Å². The maximum Gasteiger partial charge on any atom is 0.251 e. The highest BCUT2D eigenvalue weighted by atomic mass is 79.9. The van der Waals surface area contributed by atoms with E-state index in [2.05, 4.69) is 42.0 Å². The van der Waals surface area contributed by atoms with Crippen molar-refractivity contribution in [3.63, 3.8) is 0 Å². The highest BCUT2D eigenvalue weighted by Crippen LogP contribution is 2.18. The van der Waals surface area contributed by atoms with Crippen LogP contribution >= 0.6 is 15.9 Å². The summed E-state index contributed by atoms with van der Waals surface area (Å²) in [5.74, 6) is 0.565. The Labute approximate surface area is 118 Å². The Morgan fingerprint density at radius 2 is 1.94 bits per heavy atom. The van der Waals surface area contributed by atoms with Gasteiger partial charge in [-0.25, -0.2) is 0 Å². The average molecular weight is 312 g/mol.